The third-order valence-electron chi connectivity index (χ3n) is 4.39. The van der Waals surface area contributed by atoms with Gasteiger partial charge in [-0.2, -0.15) is 13.2 Å². The molecule has 1 atom stereocenters. The number of aliphatic carboxylic acids is 1. The molecule has 0 saturated carbocycles. The first-order valence-electron chi connectivity index (χ1n) is 8.24. The van der Waals surface area contributed by atoms with Crippen LogP contribution < -0.4 is 0 Å². The Labute approximate surface area is 153 Å². The highest BCUT2D eigenvalue weighted by Gasteiger charge is 2.41. The number of aryl methyl sites for hydroxylation is 1. The molecule has 12 heteroatoms. The summed E-state index contributed by atoms with van der Waals surface area (Å²) in [4.78, 5) is 29.6. The van der Waals surface area contributed by atoms with Crippen molar-refractivity contribution in [2.24, 2.45) is 12.5 Å². The van der Waals surface area contributed by atoms with E-state index in [2.05, 4.69) is 22.0 Å². The van der Waals surface area contributed by atoms with Gasteiger partial charge in [0.1, 0.15) is 6.33 Å². The van der Waals surface area contributed by atoms with E-state index in [1.807, 2.05) is 4.90 Å². The maximum atomic E-state index is 12.5. The lowest BCUT2D eigenvalue weighted by molar-refractivity contribution is -0.192. The Morgan fingerprint density at radius 1 is 1.26 bits per heavy atom. The Hall–Kier alpha value is -2.21. The molecule has 9 nitrogen and oxygen atoms in total. The minimum Gasteiger partial charge on any atom is -0.475 e. The van der Waals surface area contributed by atoms with Gasteiger partial charge in [-0.05, 0) is 20.0 Å². The average molecular weight is 393 g/mol. The summed E-state index contributed by atoms with van der Waals surface area (Å²) >= 11 is 0. The lowest BCUT2D eigenvalue weighted by atomic mass is 9.87. The first-order valence-corrected chi connectivity index (χ1v) is 8.24. The van der Waals surface area contributed by atoms with E-state index in [0.717, 1.165) is 32.7 Å². The third-order valence-corrected chi connectivity index (χ3v) is 4.39. The molecule has 152 valence electrons. The van der Waals surface area contributed by atoms with Crippen molar-refractivity contribution in [2.45, 2.75) is 12.6 Å². The highest BCUT2D eigenvalue weighted by molar-refractivity contribution is 5.90. The normalized spacial score (nSPS) is 23.7. The molecule has 2 aliphatic heterocycles. The van der Waals surface area contributed by atoms with Crippen molar-refractivity contribution < 1.29 is 32.6 Å². The van der Waals surface area contributed by atoms with E-state index < -0.39 is 12.1 Å². The molecule has 1 unspecified atom stereocenters. The highest BCUT2D eigenvalue weighted by atomic mass is 19.4. The Morgan fingerprint density at radius 2 is 1.93 bits per heavy atom. The Morgan fingerprint density at radius 3 is 2.41 bits per heavy atom. The van der Waals surface area contributed by atoms with Gasteiger partial charge in [0.05, 0.1) is 13.2 Å². The lowest BCUT2D eigenvalue weighted by Gasteiger charge is -2.31. The molecule has 0 aliphatic carbocycles. The zero-order chi connectivity index (χ0) is 20.2. The summed E-state index contributed by atoms with van der Waals surface area (Å²) in [5.74, 6) is -2.58. The smallest absolute Gasteiger partial charge is 0.475 e. The minimum atomic E-state index is -5.08. The zero-order valence-electron chi connectivity index (χ0n) is 15.1. The molecule has 1 amide bonds. The number of alkyl halides is 3. The molecule has 0 radical (unpaired) electrons. The number of nitrogens with zero attached hydrogens (tertiary/aromatic N) is 5. The van der Waals surface area contributed by atoms with E-state index in [0.29, 0.717) is 13.2 Å². The number of hydrogen-bond donors (Lipinski definition) is 1. The summed E-state index contributed by atoms with van der Waals surface area (Å²) < 4.78 is 39.0. The summed E-state index contributed by atoms with van der Waals surface area (Å²) in [5, 5.41) is 11.2. The number of carbonyl (C=O) groups excluding carboxylic acids is 1. The number of aromatic nitrogens is 3. The summed E-state index contributed by atoms with van der Waals surface area (Å²) in [7, 11) is 3.88. The molecule has 1 aromatic heterocycles. The predicted molar refractivity (Wildman–Crippen MR) is 86.0 cm³/mol. The van der Waals surface area contributed by atoms with Crippen LogP contribution in [0.5, 0.6) is 0 Å². The van der Waals surface area contributed by atoms with E-state index in [9.17, 15) is 18.0 Å². The molecule has 2 aliphatic rings. The topological polar surface area (TPSA) is 101 Å². The monoisotopic (exact) mass is 393 g/mol. The van der Waals surface area contributed by atoms with Gasteiger partial charge >= 0.3 is 12.1 Å². The van der Waals surface area contributed by atoms with E-state index in [1.54, 1.807) is 18.1 Å². The number of amides is 1. The van der Waals surface area contributed by atoms with Crippen LogP contribution in [0.15, 0.2) is 6.33 Å². The van der Waals surface area contributed by atoms with Gasteiger partial charge in [0.25, 0.3) is 5.91 Å². The highest BCUT2D eigenvalue weighted by Crippen LogP contribution is 2.32. The molecule has 0 aromatic carbocycles. The van der Waals surface area contributed by atoms with Gasteiger partial charge in [0.2, 0.25) is 5.82 Å². The number of rotatable bonds is 1. The van der Waals surface area contributed by atoms with Crippen molar-refractivity contribution >= 4 is 11.9 Å². The largest absolute Gasteiger partial charge is 0.490 e. The van der Waals surface area contributed by atoms with Crippen molar-refractivity contribution in [3.8, 4) is 0 Å². The number of ether oxygens (including phenoxy) is 1. The molecular weight excluding hydrogens is 371 g/mol. The minimum absolute atomic E-state index is 0.0652. The van der Waals surface area contributed by atoms with E-state index >= 15 is 0 Å². The van der Waals surface area contributed by atoms with Gasteiger partial charge < -0.3 is 19.6 Å². The number of likely N-dealkylation sites (tertiary alicyclic amines) is 1. The molecule has 3 rings (SSSR count). The molecule has 1 N–H and O–H groups in total. The molecule has 27 heavy (non-hydrogen) atoms. The van der Waals surface area contributed by atoms with Gasteiger partial charge in [-0.25, -0.2) is 9.78 Å². The van der Waals surface area contributed by atoms with Crippen LogP contribution in [0, 0.1) is 5.41 Å². The summed E-state index contributed by atoms with van der Waals surface area (Å²) in [6.45, 7) is 4.71. The number of halogens is 3. The Kier molecular flexibility index (Phi) is 6.42. The maximum absolute atomic E-state index is 12.5. The van der Waals surface area contributed by atoms with Crippen LogP contribution in [0.4, 0.5) is 13.2 Å². The maximum Gasteiger partial charge on any atom is 0.490 e. The average Bonchev–Trinajstić information content (AvgIpc) is 3.09. The molecule has 2 fully saturated rings. The standard InChI is InChI=1S/C13H21N5O2.C2HF3O2/c1-16-4-3-13(7-16)8-18(5-6-20-9-13)12(19)11-14-10-17(2)15-11;3-2(4,5)1(6)7/h10H,3-9H2,1-2H3;(H,6,7). The molecule has 2 saturated heterocycles. The molecular formula is C15H22F3N5O4. The van der Waals surface area contributed by atoms with Gasteiger partial charge in [0, 0.05) is 32.1 Å². The SMILES string of the molecule is CN1CCC2(COCCN(C(=O)c3ncn(C)n3)C2)C1.O=C(O)C(F)(F)F. The second-order valence-corrected chi connectivity index (χ2v) is 6.81. The van der Waals surface area contributed by atoms with Gasteiger partial charge in [-0.1, -0.05) is 0 Å². The summed E-state index contributed by atoms with van der Waals surface area (Å²) in [6, 6.07) is 0. The molecule has 1 spiro atoms. The summed E-state index contributed by atoms with van der Waals surface area (Å²) in [6.07, 6.45) is -2.45. The van der Waals surface area contributed by atoms with E-state index in [4.69, 9.17) is 14.6 Å². The van der Waals surface area contributed by atoms with Gasteiger partial charge in [-0.15, -0.1) is 5.10 Å². The zero-order valence-corrected chi connectivity index (χ0v) is 15.1. The fraction of sp³-hybridized carbons (Fsp3) is 0.733. The Balaban J connectivity index is 0.000000321. The summed E-state index contributed by atoms with van der Waals surface area (Å²) in [5.41, 5.74) is 0.0652. The van der Waals surface area contributed by atoms with Crippen molar-refractivity contribution in [1.82, 2.24) is 24.6 Å². The van der Waals surface area contributed by atoms with E-state index in [-0.39, 0.29) is 17.1 Å². The third kappa shape index (κ3) is 5.63. The van der Waals surface area contributed by atoms with Crippen LogP contribution in [0.1, 0.15) is 17.0 Å². The first-order chi connectivity index (χ1) is 12.5. The van der Waals surface area contributed by atoms with Crippen LogP contribution >= 0.6 is 0 Å². The second-order valence-electron chi connectivity index (χ2n) is 6.81. The number of carbonyl (C=O) groups is 2. The van der Waals surface area contributed by atoms with Crippen LogP contribution in [0.2, 0.25) is 0 Å². The number of carboxylic acids is 1. The Bertz CT molecular complexity index is 681. The van der Waals surface area contributed by atoms with Crippen molar-refractivity contribution in [3.05, 3.63) is 12.2 Å². The number of carboxylic acid groups (broad SMARTS) is 1. The van der Waals surface area contributed by atoms with Crippen molar-refractivity contribution in [1.29, 1.82) is 0 Å². The van der Waals surface area contributed by atoms with Gasteiger partial charge in [-0.3, -0.25) is 9.48 Å². The van der Waals surface area contributed by atoms with Crippen molar-refractivity contribution in [3.63, 3.8) is 0 Å². The fourth-order valence-electron chi connectivity index (χ4n) is 3.15. The van der Waals surface area contributed by atoms with Crippen LogP contribution in [0.3, 0.4) is 0 Å². The van der Waals surface area contributed by atoms with Crippen LogP contribution in [-0.4, -0.2) is 94.2 Å². The second kappa shape index (κ2) is 8.21. The van der Waals surface area contributed by atoms with Crippen LogP contribution in [0.25, 0.3) is 0 Å². The molecule has 3 heterocycles. The van der Waals surface area contributed by atoms with Crippen LogP contribution in [-0.2, 0) is 16.6 Å². The van der Waals surface area contributed by atoms with Crippen molar-refractivity contribution in [2.75, 3.05) is 46.4 Å². The lowest BCUT2D eigenvalue weighted by Crippen LogP contribution is -2.43. The first kappa shape index (κ1) is 21.1. The predicted octanol–water partition coefficient (Wildman–Crippen LogP) is 0.243. The fourth-order valence-corrected chi connectivity index (χ4v) is 3.15. The molecule has 0 bridgehead atoms. The van der Waals surface area contributed by atoms with Gasteiger partial charge in [0.15, 0.2) is 0 Å². The number of hydrogen-bond acceptors (Lipinski definition) is 6. The van der Waals surface area contributed by atoms with E-state index in [1.165, 1.54) is 0 Å². The molecule has 1 aromatic rings. The quantitative estimate of drug-likeness (QED) is 0.730.